The van der Waals surface area contributed by atoms with E-state index in [1.165, 1.54) is 0 Å². The van der Waals surface area contributed by atoms with E-state index in [0.717, 1.165) is 30.2 Å². The predicted octanol–water partition coefficient (Wildman–Crippen LogP) is 2.50. The van der Waals surface area contributed by atoms with Crippen molar-refractivity contribution in [2.75, 3.05) is 36.2 Å². The van der Waals surface area contributed by atoms with Gasteiger partial charge in [0.05, 0.1) is 6.20 Å². The number of rotatable bonds is 6. The summed E-state index contributed by atoms with van der Waals surface area (Å²) in [4.78, 5) is 6.41. The van der Waals surface area contributed by atoms with Crippen LogP contribution in [-0.4, -0.2) is 35.8 Å². The van der Waals surface area contributed by atoms with Gasteiger partial charge in [-0.2, -0.15) is 10.1 Å². The van der Waals surface area contributed by atoms with E-state index in [1.807, 2.05) is 38.4 Å². The van der Waals surface area contributed by atoms with Crippen LogP contribution in [0.1, 0.15) is 13.3 Å². The van der Waals surface area contributed by atoms with Crippen molar-refractivity contribution >= 4 is 23.1 Å². The third-order valence-electron chi connectivity index (χ3n) is 2.75. The molecule has 0 fully saturated rings. The van der Waals surface area contributed by atoms with Crippen LogP contribution in [0.2, 0.25) is 0 Å². The summed E-state index contributed by atoms with van der Waals surface area (Å²) in [6.07, 6.45) is 2.66. The van der Waals surface area contributed by atoms with Crippen molar-refractivity contribution in [3.8, 4) is 0 Å². The van der Waals surface area contributed by atoms with Gasteiger partial charge in [0, 0.05) is 32.0 Å². The largest absolute Gasteiger partial charge is 0.378 e. The quantitative estimate of drug-likeness (QED) is 0.842. The van der Waals surface area contributed by atoms with Crippen LogP contribution in [0.5, 0.6) is 0 Å². The van der Waals surface area contributed by atoms with Crippen molar-refractivity contribution in [1.29, 1.82) is 0 Å². The Kier molecular flexibility index (Phi) is 4.70. The summed E-state index contributed by atoms with van der Waals surface area (Å²) < 4.78 is 0. The van der Waals surface area contributed by atoms with Crippen molar-refractivity contribution in [3.05, 3.63) is 30.5 Å². The third kappa shape index (κ3) is 3.81. The summed E-state index contributed by atoms with van der Waals surface area (Å²) in [6, 6.07) is 8.06. The Bertz CT molecular complexity index is 538. The van der Waals surface area contributed by atoms with Crippen molar-refractivity contribution in [3.63, 3.8) is 0 Å². The SMILES string of the molecule is CCCNc1cnnc(Nc2ccc(N(C)C)cc2)n1. The topological polar surface area (TPSA) is 66.0 Å². The molecule has 106 valence electrons. The van der Waals surface area contributed by atoms with Crippen molar-refractivity contribution < 1.29 is 0 Å². The lowest BCUT2D eigenvalue weighted by Crippen LogP contribution is -2.08. The first kappa shape index (κ1) is 14.0. The van der Waals surface area contributed by atoms with Gasteiger partial charge in [0.15, 0.2) is 5.82 Å². The Labute approximate surface area is 119 Å². The van der Waals surface area contributed by atoms with Crippen LogP contribution in [0, 0.1) is 0 Å². The van der Waals surface area contributed by atoms with E-state index in [9.17, 15) is 0 Å². The van der Waals surface area contributed by atoms with Gasteiger partial charge < -0.3 is 15.5 Å². The molecular formula is C14H20N6. The molecule has 0 atom stereocenters. The first-order chi connectivity index (χ1) is 9.69. The molecule has 1 aromatic carbocycles. The molecule has 0 bridgehead atoms. The Morgan fingerprint density at radius 3 is 2.55 bits per heavy atom. The molecule has 2 N–H and O–H groups in total. The molecule has 0 aliphatic carbocycles. The first-order valence-corrected chi connectivity index (χ1v) is 6.67. The highest BCUT2D eigenvalue weighted by Crippen LogP contribution is 2.18. The molecule has 0 radical (unpaired) electrons. The highest BCUT2D eigenvalue weighted by atomic mass is 15.3. The zero-order chi connectivity index (χ0) is 14.4. The number of anilines is 4. The number of nitrogens with zero attached hydrogens (tertiary/aromatic N) is 4. The van der Waals surface area contributed by atoms with Gasteiger partial charge in [-0.3, -0.25) is 0 Å². The molecule has 1 aromatic heterocycles. The van der Waals surface area contributed by atoms with Crippen LogP contribution in [0.3, 0.4) is 0 Å². The van der Waals surface area contributed by atoms with Gasteiger partial charge in [-0.15, -0.1) is 5.10 Å². The molecule has 2 aromatic rings. The maximum atomic E-state index is 4.36. The van der Waals surface area contributed by atoms with E-state index < -0.39 is 0 Å². The number of hydrogen-bond acceptors (Lipinski definition) is 6. The highest BCUT2D eigenvalue weighted by molar-refractivity contribution is 5.59. The predicted molar refractivity (Wildman–Crippen MR) is 82.7 cm³/mol. The summed E-state index contributed by atoms with van der Waals surface area (Å²) >= 11 is 0. The van der Waals surface area contributed by atoms with Gasteiger partial charge in [-0.1, -0.05) is 6.92 Å². The fourth-order valence-corrected chi connectivity index (χ4v) is 1.67. The van der Waals surface area contributed by atoms with Crippen LogP contribution in [0.15, 0.2) is 30.5 Å². The molecule has 0 unspecified atom stereocenters. The lowest BCUT2D eigenvalue weighted by atomic mass is 10.2. The summed E-state index contributed by atoms with van der Waals surface area (Å²) in [6.45, 7) is 2.97. The van der Waals surface area contributed by atoms with Crippen molar-refractivity contribution in [2.24, 2.45) is 0 Å². The molecular weight excluding hydrogens is 252 g/mol. The Hall–Kier alpha value is -2.37. The molecule has 1 heterocycles. The normalized spacial score (nSPS) is 10.2. The minimum atomic E-state index is 0.490. The van der Waals surface area contributed by atoms with Gasteiger partial charge in [0.25, 0.3) is 0 Å². The van der Waals surface area contributed by atoms with Crippen LogP contribution in [0.25, 0.3) is 0 Å². The first-order valence-electron chi connectivity index (χ1n) is 6.67. The van der Waals surface area contributed by atoms with E-state index in [1.54, 1.807) is 6.20 Å². The molecule has 0 aliphatic heterocycles. The average Bonchev–Trinajstić information content (AvgIpc) is 2.46. The van der Waals surface area contributed by atoms with Crippen molar-refractivity contribution in [1.82, 2.24) is 15.2 Å². The summed E-state index contributed by atoms with van der Waals surface area (Å²) in [5, 5.41) is 14.2. The summed E-state index contributed by atoms with van der Waals surface area (Å²) in [7, 11) is 4.02. The van der Waals surface area contributed by atoms with E-state index in [0.29, 0.717) is 5.95 Å². The van der Waals surface area contributed by atoms with Crippen LogP contribution < -0.4 is 15.5 Å². The molecule has 6 heteroatoms. The summed E-state index contributed by atoms with van der Waals surface area (Å²) in [5.74, 6) is 1.22. The zero-order valence-electron chi connectivity index (χ0n) is 12.1. The zero-order valence-corrected chi connectivity index (χ0v) is 12.1. The monoisotopic (exact) mass is 272 g/mol. The molecule has 2 rings (SSSR count). The molecule has 0 aliphatic rings. The molecule has 6 nitrogen and oxygen atoms in total. The highest BCUT2D eigenvalue weighted by Gasteiger charge is 2.01. The molecule has 0 saturated carbocycles. The second-order valence-corrected chi connectivity index (χ2v) is 4.66. The van der Waals surface area contributed by atoms with Crippen LogP contribution in [0.4, 0.5) is 23.1 Å². The maximum Gasteiger partial charge on any atom is 0.249 e. The number of nitrogens with one attached hydrogen (secondary N) is 2. The fourth-order valence-electron chi connectivity index (χ4n) is 1.67. The third-order valence-corrected chi connectivity index (χ3v) is 2.75. The van der Waals surface area contributed by atoms with Gasteiger partial charge in [0.2, 0.25) is 5.95 Å². The second kappa shape index (κ2) is 6.70. The van der Waals surface area contributed by atoms with Gasteiger partial charge in [-0.05, 0) is 30.7 Å². The number of hydrogen-bond donors (Lipinski definition) is 2. The maximum absolute atomic E-state index is 4.36. The lowest BCUT2D eigenvalue weighted by Gasteiger charge is -2.13. The van der Waals surface area contributed by atoms with E-state index in [4.69, 9.17) is 0 Å². The molecule has 0 saturated heterocycles. The van der Waals surface area contributed by atoms with Gasteiger partial charge in [-0.25, -0.2) is 0 Å². The van der Waals surface area contributed by atoms with Crippen LogP contribution >= 0.6 is 0 Å². The van der Waals surface area contributed by atoms with E-state index in [-0.39, 0.29) is 0 Å². The average molecular weight is 272 g/mol. The van der Waals surface area contributed by atoms with E-state index in [2.05, 4.69) is 37.6 Å². The Balaban J connectivity index is 2.05. The number of aromatic nitrogens is 3. The lowest BCUT2D eigenvalue weighted by molar-refractivity contribution is 0.935. The Morgan fingerprint density at radius 2 is 1.90 bits per heavy atom. The fraction of sp³-hybridized carbons (Fsp3) is 0.357. The minimum absolute atomic E-state index is 0.490. The molecule has 0 amide bonds. The summed E-state index contributed by atoms with van der Waals surface area (Å²) in [5.41, 5.74) is 2.08. The minimum Gasteiger partial charge on any atom is -0.378 e. The van der Waals surface area contributed by atoms with E-state index >= 15 is 0 Å². The standard InChI is InChI=1S/C14H20N6/c1-4-9-15-13-10-16-19-14(18-13)17-11-5-7-12(8-6-11)20(2)3/h5-8,10H,4,9H2,1-3H3,(H2,15,17,18,19). The second-order valence-electron chi connectivity index (χ2n) is 4.66. The Morgan fingerprint density at radius 1 is 1.15 bits per heavy atom. The smallest absolute Gasteiger partial charge is 0.249 e. The van der Waals surface area contributed by atoms with Gasteiger partial charge in [0.1, 0.15) is 0 Å². The van der Waals surface area contributed by atoms with Gasteiger partial charge >= 0.3 is 0 Å². The molecule has 0 spiro atoms. The molecule has 20 heavy (non-hydrogen) atoms. The van der Waals surface area contributed by atoms with Crippen LogP contribution in [-0.2, 0) is 0 Å². The number of benzene rings is 1. The van der Waals surface area contributed by atoms with Crippen molar-refractivity contribution in [2.45, 2.75) is 13.3 Å².